The van der Waals surface area contributed by atoms with Gasteiger partial charge in [0, 0.05) is 22.3 Å². The Morgan fingerprint density at radius 1 is 1.09 bits per heavy atom. The summed E-state index contributed by atoms with van der Waals surface area (Å²) in [5, 5.41) is 10.6. The molecule has 0 radical (unpaired) electrons. The molecule has 2 aromatic carbocycles. The molecule has 0 aliphatic heterocycles. The minimum atomic E-state index is -3.78. The zero-order chi connectivity index (χ0) is 17.6. The number of sulfonamides is 1. The van der Waals surface area contributed by atoms with E-state index in [-0.39, 0.29) is 10.6 Å². The van der Waals surface area contributed by atoms with E-state index in [2.05, 4.69) is 20.7 Å². The van der Waals surface area contributed by atoms with Crippen molar-refractivity contribution in [1.82, 2.24) is 0 Å². The van der Waals surface area contributed by atoms with Gasteiger partial charge in [-0.2, -0.15) is 0 Å². The maximum absolute atomic E-state index is 12.2. The summed E-state index contributed by atoms with van der Waals surface area (Å²) in [7, 11) is -3.78. The van der Waals surface area contributed by atoms with Gasteiger partial charge in [-0.15, -0.1) is 0 Å². The van der Waals surface area contributed by atoms with Gasteiger partial charge in [0.15, 0.2) is 0 Å². The molecule has 2 rings (SSSR count). The smallest absolute Gasteiger partial charge is 0.269 e. The number of anilines is 1. The second-order valence-electron chi connectivity index (χ2n) is 4.32. The standard InChI is InChI=1S/C13H11BrN2O4S.C2H6/c1-9-2-3-10(8-13(9)14)15-21(19,20)12-6-4-11(5-7-12)16(17)18;1-2/h2-8,15H,1H3;1-2H3. The molecule has 0 unspecified atom stereocenters. The summed E-state index contributed by atoms with van der Waals surface area (Å²) >= 11 is 3.33. The highest BCUT2D eigenvalue weighted by molar-refractivity contribution is 9.10. The Labute approximate surface area is 143 Å². The van der Waals surface area contributed by atoms with Crippen LogP contribution in [0.3, 0.4) is 0 Å². The zero-order valence-corrected chi connectivity index (χ0v) is 15.3. The van der Waals surface area contributed by atoms with Gasteiger partial charge in [-0.25, -0.2) is 8.42 Å². The molecule has 0 saturated carbocycles. The first kappa shape index (κ1) is 19.1. The Bertz CT molecular complexity index is 790. The first-order chi connectivity index (χ1) is 10.8. The third-order valence-electron chi connectivity index (χ3n) is 2.78. The first-order valence-corrected chi connectivity index (χ1v) is 9.10. The molecular formula is C15H17BrN2O4S. The highest BCUT2D eigenvalue weighted by Crippen LogP contribution is 2.23. The van der Waals surface area contributed by atoms with Gasteiger partial charge in [-0.3, -0.25) is 14.8 Å². The maximum atomic E-state index is 12.2. The van der Waals surface area contributed by atoms with E-state index in [1.54, 1.807) is 18.2 Å². The van der Waals surface area contributed by atoms with E-state index < -0.39 is 14.9 Å². The fourth-order valence-corrected chi connectivity index (χ4v) is 3.05. The van der Waals surface area contributed by atoms with Gasteiger partial charge >= 0.3 is 0 Å². The van der Waals surface area contributed by atoms with Crippen LogP contribution in [-0.4, -0.2) is 13.3 Å². The average Bonchev–Trinajstić information content (AvgIpc) is 2.53. The van der Waals surface area contributed by atoms with Gasteiger partial charge < -0.3 is 0 Å². The molecule has 0 saturated heterocycles. The Morgan fingerprint density at radius 3 is 2.13 bits per heavy atom. The summed E-state index contributed by atoms with van der Waals surface area (Å²) in [6.45, 7) is 5.89. The lowest BCUT2D eigenvalue weighted by Crippen LogP contribution is -2.13. The number of nitrogens with one attached hydrogen (secondary N) is 1. The van der Waals surface area contributed by atoms with Crippen molar-refractivity contribution in [1.29, 1.82) is 0 Å². The number of hydrogen-bond donors (Lipinski definition) is 1. The van der Waals surface area contributed by atoms with E-state index in [0.29, 0.717) is 5.69 Å². The van der Waals surface area contributed by atoms with Crippen LogP contribution in [0.5, 0.6) is 0 Å². The van der Waals surface area contributed by atoms with Crippen LogP contribution in [0.2, 0.25) is 0 Å². The van der Waals surface area contributed by atoms with Gasteiger partial charge in [-0.1, -0.05) is 35.8 Å². The van der Waals surface area contributed by atoms with Crippen LogP contribution in [0, 0.1) is 17.0 Å². The predicted molar refractivity (Wildman–Crippen MR) is 94.1 cm³/mol. The highest BCUT2D eigenvalue weighted by atomic mass is 79.9. The summed E-state index contributed by atoms with van der Waals surface area (Å²) in [4.78, 5) is 9.94. The molecule has 6 nitrogen and oxygen atoms in total. The second kappa shape index (κ2) is 8.07. The quantitative estimate of drug-likeness (QED) is 0.604. The lowest BCUT2D eigenvalue weighted by Gasteiger charge is -2.09. The number of non-ortho nitro benzene ring substituents is 1. The van der Waals surface area contributed by atoms with Crippen LogP contribution < -0.4 is 4.72 Å². The molecule has 8 heteroatoms. The number of nitro groups is 1. The van der Waals surface area contributed by atoms with Crippen LogP contribution in [-0.2, 0) is 10.0 Å². The van der Waals surface area contributed by atoms with E-state index in [1.165, 1.54) is 12.1 Å². The molecule has 0 amide bonds. The molecule has 23 heavy (non-hydrogen) atoms. The molecule has 124 valence electrons. The minimum absolute atomic E-state index is 0.0372. The summed E-state index contributed by atoms with van der Waals surface area (Å²) < 4.78 is 27.6. The van der Waals surface area contributed by atoms with Crippen molar-refractivity contribution in [2.45, 2.75) is 25.7 Å². The molecule has 0 aromatic heterocycles. The third-order valence-corrected chi connectivity index (χ3v) is 5.03. The molecular weight excluding hydrogens is 384 g/mol. The van der Waals surface area contributed by atoms with Gasteiger partial charge in [-0.05, 0) is 36.8 Å². The molecule has 1 N–H and O–H groups in total. The lowest BCUT2D eigenvalue weighted by atomic mass is 10.2. The Hall–Kier alpha value is -1.93. The van der Waals surface area contributed by atoms with Crippen molar-refractivity contribution in [3.63, 3.8) is 0 Å². The van der Waals surface area contributed by atoms with Crippen LogP contribution >= 0.6 is 15.9 Å². The number of benzene rings is 2. The third kappa shape index (κ3) is 5.04. The van der Waals surface area contributed by atoms with Crippen molar-refractivity contribution in [3.8, 4) is 0 Å². The van der Waals surface area contributed by atoms with E-state index in [0.717, 1.165) is 22.2 Å². The van der Waals surface area contributed by atoms with Gasteiger partial charge in [0.25, 0.3) is 15.7 Å². The zero-order valence-electron chi connectivity index (χ0n) is 12.9. The van der Waals surface area contributed by atoms with Gasteiger partial charge in [0.05, 0.1) is 9.82 Å². The van der Waals surface area contributed by atoms with E-state index in [9.17, 15) is 18.5 Å². The van der Waals surface area contributed by atoms with Crippen LogP contribution in [0.15, 0.2) is 51.8 Å². The van der Waals surface area contributed by atoms with Gasteiger partial charge in [0.2, 0.25) is 0 Å². The van der Waals surface area contributed by atoms with Crippen LogP contribution in [0.1, 0.15) is 19.4 Å². The SMILES string of the molecule is CC.Cc1ccc(NS(=O)(=O)c2ccc([N+](=O)[O-])cc2)cc1Br. The highest BCUT2D eigenvalue weighted by Gasteiger charge is 2.16. The minimum Gasteiger partial charge on any atom is -0.280 e. The lowest BCUT2D eigenvalue weighted by molar-refractivity contribution is -0.384. The number of halogens is 1. The molecule has 0 bridgehead atoms. The summed E-state index contributed by atoms with van der Waals surface area (Å²) in [6.07, 6.45) is 0. The van der Waals surface area contributed by atoms with Crippen molar-refractivity contribution in [2.24, 2.45) is 0 Å². The van der Waals surface area contributed by atoms with Crippen molar-refractivity contribution in [3.05, 3.63) is 62.6 Å². The van der Waals surface area contributed by atoms with Crippen molar-refractivity contribution >= 4 is 37.3 Å². The summed E-state index contributed by atoms with van der Waals surface area (Å²) in [5.41, 5.74) is 1.23. The molecule has 2 aromatic rings. The largest absolute Gasteiger partial charge is 0.280 e. The van der Waals surface area contributed by atoms with E-state index in [1.807, 2.05) is 20.8 Å². The number of aryl methyl sites for hydroxylation is 1. The molecule has 0 spiro atoms. The fourth-order valence-electron chi connectivity index (χ4n) is 1.62. The normalized spacial score (nSPS) is 10.4. The number of nitrogens with zero attached hydrogens (tertiary/aromatic N) is 1. The molecule has 0 aliphatic rings. The summed E-state index contributed by atoms with van der Waals surface area (Å²) in [6, 6.07) is 9.77. The molecule has 0 aliphatic carbocycles. The van der Waals surface area contributed by atoms with E-state index >= 15 is 0 Å². The van der Waals surface area contributed by atoms with Gasteiger partial charge in [0.1, 0.15) is 0 Å². The Kier molecular flexibility index (Phi) is 6.71. The fraction of sp³-hybridized carbons (Fsp3) is 0.200. The number of hydrogen-bond acceptors (Lipinski definition) is 4. The maximum Gasteiger partial charge on any atom is 0.269 e. The average molecular weight is 401 g/mol. The van der Waals surface area contributed by atoms with E-state index in [4.69, 9.17) is 0 Å². The number of nitro benzene ring substituents is 1. The molecule has 0 atom stereocenters. The Balaban J connectivity index is 0.00000127. The van der Waals surface area contributed by atoms with Crippen LogP contribution in [0.25, 0.3) is 0 Å². The second-order valence-corrected chi connectivity index (χ2v) is 6.86. The topological polar surface area (TPSA) is 89.3 Å². The van der Waals surface area contributed by atoms with Crippen molar-refractivity contribution < 1.29 is 13.3 Å². The van der Waals surface area contributed by atoms with Crippen LogP contribution in [0.4, 0.5) is 11.4 Å². The number of rotatable bonds is 4. The Morgan fingerprint density at radius 2 is 1.65 bits per heavy atom. The monoisotopic (exact) mass is 400 g/mol. The predicted octanol–water partition coefficient (Wildman–Crippen LogP) is 4.49. The molecule has 0 heterocycles. The van der Waals surface area contributed by atoms with Crippen molar-refractivity contribution in [2.75, 3.05) is 4.72 Å². The first-order valence-electron chi connectivity index (χ1n) is 6.83. The molecule has 0 fully saturated rings. The summed E-state index contributed by atoms with van der Waals surface area (Å²) in [5.74, 6) is 0.